The molecule has 0 radical (unpaired) electrons. The Hall–Kier alpha value is -2.37. The van der Waals surface area contributed by atoms with Crippen LogP contribution < -0.4 is 5.56 Å². The smallest absolute Gasteiger partial charge is 0.276 e. The van der Waals surface area contributed by atoms with Crippen molar-refractivity contribution in [1.82, 2.24) is 19.2 Å². The van der Waals surface area contributed by atoms with Crippen LogP contribution in [0.25, 0.3) is 5.69 Å². The van der Waals surface area contributed by atoms with Crippen molar-refractivity contribution >= 4 is 11.6 Å². The van der Waals surface area contributed by atoms with Gasteiger partial charge in [-0.15, -0.1) is 0 Å². The largest absolute Gasteiger partial charge is 0.298 e. The third-order valence-corrected chi connectivity index (χ3v) is 4.57. The first-order valence-corrected chi connectivity index (χ1v) is 8.47. The second-order valence-electron chi connectivity index (χ2n) is 6.20. The predicted molar refractivity (Wildman–Crippen MR) is 100 cm³/mol. The van der Waals surface area contributed by atoms with E-state index >= 15 is 0 Å². The van der Waals surface area contributed by atoms with E-state index in [0.717, 1.165) is 22.5 Å². The Kier molecular flexibility index (Phi) is 5.06. The maximum Gasteiger partial charge on any atom is 0.276 e. The van der Waals surface area contributed by atoms with E-state index < -0.39 is 0 Å². The SMILES string of the molecule is Cc1c(CN(C)Cc2ccc(Cl)nc2)c(=O)n(-c2ccccc2)n1C. The molecule has 0 aliphatic rings. The number of benzene rings is 1. The number of hydrogen-bond acceptors (Lipinski definition) is 3. The van der Waals surface area contributed by atoms with Crippen molar-refractivity contribution in [2.24, 2.45) is 7.05 Å². The lowest BCUT2D eigenvalue weighted by Crippen LogP contribution is -2.25. The number of hydrogen-bond donors (Lipinski definition) is 0. The molecule has 0 fully saturated rings. The highest BCUT2D eigenvalue weighted by molar-refractivity contribution is 6.29. The Morgan fingerprint density at radius 2 is 1.84 bits per heavy atom. The lowest BCUT2D eigenvalue weighted by Gasteiger charge is -2.15. The summed E-state index contributed by atoms with van der Waals surface area (Å²) in [7, 11) is 3.91. The van der Waals surface area contributed by atoms with Crippen LogP contribution in [0.4, 0.5) is 0 Å². The van der Waals surface area contributed by atoms with Crippen molar-refractivity contribution in [2.45, 2.75) is 20.0 Å². The number of halogens is 1. The van der Waals surface area contributed by atoms with Crippen LogP contribution in [0.1, 0.15) is 16.8 Å². The minimum absolute atomic E-state index is 0.0206. The van der Waals surface area contributed by atoms with Gasteiger partial charge in [0, 0.05) is 32.0 Å². The van der Waals surface area contributed by atoms with E-state index in [1.807, 2.05) is 62.1 Å². The van der Waals surface area contributed by atoms with Gasteiger partial charge in [-0.3, -0.25) is 14.4 Å². The summed E-state index contributed by atoms with van der Waals surface area (Å²) in [5.41, 5.74) is 3.72. The molecule has 3 aromatic rings. The summed E-state index contributed by atoms with van der Waals surface area (Å²) >= 11 is 5.83. The predicted octanol–water partition coefficient (Wildman–Crippen LogP) is 3.16. The molecule has 0 atom stereocenters. The number of aromatic nitrogens is 3. The van der Waals surface area contributed by atoms with E-state index in [4.69, 9.17) is 11.6 Å². The lowest BCUT2D eigenvalue weighted by molar-refractivity contribution is 0.317. The van der Waals surface area contributed by atoms with E-state index in [-0.39, 0.29) is 5.56 Å². The summed E-state index contributed by atoms with van der Waals surface area (Å²) in [6, 6.07) is 13.4. The zero-order chi connectivity index (χ0) is 18.0. The van der Waals surface area contributed by atoms with E-state index in [2.05, 4.69) is 9.88 Å². The molecule has 6 heteroatoms. The van der Waals surface area contributed by atoms with Crippen LogP contribution in [0, 0.1) is 6.92 Å². The van der Waals surface area contributed by atoms with Gasteiger partial charge in [0.05, 0.1) is 11.3 Å². The van der Waals surface area contributed by atoms with Crippen molar-refractivity contribution in [3.8, 4) is 5.69 Å². The summed E-state index contributed by atoms with van der Waals surface area (Å²) in [6.07, 6.45) is 1.76. The molecule has 0 amide bonds. The second kappa shape index (κ2) is 7.25. The number of para-hydroxylation sites is 1. The molecule has 0 saturated heterocycles. The van der Waals surface area contributed by atoms with Crippen LogP contribution in [0.2, 0.25) is 5.15 Å². The normalized spacial score (nSPS) is 11.2. The summed E-state index contributed by atoms with van der Waals surface area (Å²) < 4.78 is 3.62. The molecule has 0 spiro atoms. The minimum Gasteiger partial charge on any atom is -0.298 e. The molecule has 0 N–H and O–H groups in total. The Morgan fingerprint density at radius 1 is 1.12 bits per heavy atom. The molecular weight excluding hydrogens is 336 g/mol. The highest BCUT2D eigenvalue weighted by Crippen LogP contribution is 2.13. The number of rotatable bonds is 5. The quantitative estimate of drug-likeness (QED) is 0.659. The van der Waals surface area contributed by atoms with Crippen molar-refractivity contribution in [3.05, 3.63) is 81.0 Å². The van der Waals surface area contributed by atoms with Gasteiger partial charge < -0.3 is 0 Å². The van der Waals surface area contributed by atoms with Crippen molar-refractivity contribution in [3.63, 3.8) is 0 Å². The van der Waals surface area contributed by atoms with Crippen LogP contribution in [0.5, 0.6) is 0 Å². The van der Waals surface area contributed by atoms with Crippen LogP contribution >= 0.6 is 11.6 Å². The van der Waals surface area contributed by atoms with Gasteiger partial charge in [0.25, 0.3) is 5.56 Å². The van der Waals surface area contributed by atoms with E-state index in [9.17, 15) is 4.79 Å². The number of pyridine rings is 1. The molecule has 0 unspecified atom stereocenters. The third-order valence-electron chi connectivity index (χ3n) is 4.34. The fourth-order valence-corrected chi connectivity index (χ4v) is 3.06. The highest BCUT2D eigenvalue weighted by atomic mass is 35.5. The molecule has 3 rings (SSSR count). The topological polar surface area (TPSA) is 43.1 Å². The summed E-state index contributed by atoms with van der Waals surface area (Å²) in [5.74, 6) is 0. The van der Waals surface area contributed by atoms with Crippen molar-refractivity contribution < 1.29 is 0 Å². The van der Waals surface area contributed by atoms with Crippen LogP contribution in [-0.2, 0) is 20.1 Å². The average molecular weight is 357 g/mol. The first kappa shape index (κ1) is 17.5. The van der Waals surface area contributed by atoms with E-state index in [1.54, 1.807) is 16.9 Å². The Balaban J connectivity index is 1.85. The zero-order valence-corrected chi connectivity index (χ0v) is 15.4. The van der Waals surface area contributed by atoms with Crippen molar-refractivity contribution in [1.29, 1.82) is 0 Å². The molecule has 2 aromatic heterocycles. The van der Waals surface area contributed by atoms with Crippen molar-refractivity contribution in [2.75, 3.05) is 7.05 Å². The van der Waals surface area contributed by atoms with Gasteiger partial charge in [-0.05, 0) is 37.7 Å². The zero-order valence-electron chi connectivity index (χ0n) is 14.6. The van der Waals surface area contributed by atoms with Crippen LogP contribution in [0.15, 0.2) is 53.5 Å². The van der Waals surface area contributed by atoms with Gasteiger partial charge in [-0.25, -0.2) is 9.67 Å². The molecule has 0 bridgehead atoms. The van der Waals surface area contributed by atoms with E-state index in [0.29, 0.717) is 18.2 Å². The third kappa shape index (κ3) is 3.67. The van der Waals surface area contributed by atoms with Crippen LogP contribution in [-0.4, -0.2) is 26.3 Å². The Morgan fingerprint density at radius 3 is 2.48 bits per heavy atom. The maximum absolute atomic E-state index is 12.9. The fourth-order valence-electron chi connectivity index (χ4n) is 2.94. The maximum atomic E-state index is 12.9. The van der Waals surface area contributed by atoms with Gasteiger partial charge in [-0.1, -0.05) is 35.9 Å². The van der Waals surface area contributed by atoms with Gasteiger partial charge in [0.2, 0.25) is 0 Å². The first-order chi connectivity index (χ1) is 12.0. The molecule has 2 heterocycles. The first-order valence-electron chi connectivity index (χ1n) is 8.09. The lowest BCUT2D eigenvalue weighted by atomic mass is 10.2. The molecule has 25 heavy (non-hydrogen) atoms. The van der Waals surface area contributed by atoms with E-state index in [1.165, 1.54) is 0 Å². The van der Waals surface area contributed by atoms with Gasteiger partial charge in [0.15, 0.2) is 0 Å². The molecule has 5 nitrogen and oxygen atoms in total. The Bertz CT molecular complexity index is 913. The van der Waals surface area contributed by atoms with Gasteiger partial charge in [-0.2, -0.15) is 0 Å². The average Bonchev–Trinajstić information content (AvgIpc) is 2.81. The summed E-state index contributed by atoms with van der Waals surface area (Å²) in [4.78, 5) is 19.1. The Labute approximate surface area is 152 Å². The fraction of sp³-hybridized carbons (Fsp3) is 0.263. The van der Waals surface area contributed by atoms with Crippen LogP contribution in [0.3, 0.4) is 0 Å². The standard InChI is InChI=1S/C19H21ClN4O/c1-14-17(13-22(2)12-15-9-10-18(20)21-11-15)19(25)24(23(14)3)16-7-5-4-6-8-16/h4-11H,12-13H2,1-3H3. The van der Waals surface area contributed by atoms with Gasteiger partial charge in [0.1, 0.15) is 5.15 Å². The molecule has 0 aliphatic heterocycles. The molecule has 0 saturated carbocycles. The number of nitrogens with zero attached hydrogens (tertiary/aromatic N) is 4. The molecular formula is C19H21ClN4O. The summed E-state index contributed by atoms with van der Waals surface area (Å²) in [5, 5.41) is 0.482. The highest BCUT2D eigenvalue weighted by Gasteiger charge is 2.17. The monoisotopic (exact) mass is 356 g/mol. The summed E-state index contributed by atoms with van der Waals surface area (Å²) in [6.45, 7) is 3.25. The molecule has 0 aliphatic carbocycles. The molecule has 130 valence electrons. The van der Waals surface area contributed by atoms with Gasteiger partial charge >= 0.3 is 0 Å². The molecule has 1 aromatic carbocycles. The minimum atomic E-state index is 0.0206. The second-order valence-corrected chi connectivity index (χ2v) is 6.59.